The lowest BCUT2D eigenvalue weighted by atomic mass is 10.1. The van der Waals surface area contributed by atoms with Crippen molar-refractivity contribution in [2.75, 3.05) is 47.4 Å². The summed E-state index contributed by atoms with van der Waals surface area (Å²) >= 11 is 0. The molecule has 0 aromatic carbocycles. The minimum Gasteiger partial charge on any atom is -0.354 e. The van der Waals surface area contributed by atoms with Crippen LogP contribution in [-0.4, -0.2) is 74.7 Å². The van der Waals surface area contributed by atoms with Crippen molar-refractivity contribution >= 4 is 19.6 Å². The molecule has 0 aliphatic heterocycles. The number of rotatable bonds is 40. The average Bonchev–Trinajstić information content (AvgIpc) is 3.12. The molecule has 3 N–H and O–H groups in total. The lowest BCUT2D eigenvalue weighted by molar-refractivity contribution is -0.870. The van der Waals surface area contributed by atoms with Crippen LogP contribution in [0.3, 0.4) is 0 Å². The molecule has 0 radical (unpaired) electrons. The highest BCUT2D eigenvalue weighted by Gasteiger charge is 2.25. The Hall–Kier alpha value is -1.51. The van der Waals surface area contributed by atoms with E-state index >= 15 is 0 Å². The first kappa shape index (κ1) is 52.5. The number of likely N-dealkylation sites (N-methyl/N-ethyl adjacent to an activating group) is 1. The molecular formula is C44H87N3O6P+. The van der Waals surface area contributed by atoms with Crippen molar-refractivity contribution in [1.29, 1.82) is 0 Å². The minimum absolute atomic E-state index is 0.0659. The van der Waals surface area contributed by atoms with E-state index in [-0.39, 0.29) is 31.6 Å². The van der Waals surface area contributed by atoms with E-state index in [1.54, 1.807) is 0 Å². The molecule has 0 aliphatic carbocycles. The summed E-state index contributed by atoms with van der Waals surface area (Å²) in [5, 5.41) is 5.81. The molecule has 0 aromatic heterocycles. The topological polar surface area (TPSA) is 114 Å². The van der Waals surface area contributed by atoms with Crippen LogP contribution in [0.1, 0.15) is 194 Å². The van der Waals surface area contributed by atoms with Crippen LogP contribution in [0.4, 0.5) is 0 Å². The fourth-order valence-corrected chi connectivity index (χ4v) is 6.90. The Kier molecular flexibility index (Phi) is 36.1. The molecule has 9 nitrogen and oxygen atoms in total. The maximum absolute atomic E-state index is 12.8. The first-order chi connectivity index (χ1) is 26.0. The largest absolute Gasteiger partial charge is 0.472 e. The highest BCUT2D eigenvalue weighted by atomic mass is 31.2. The third kappa shape index (κ3) is 40.2. The van der Waals surface area contributed by atoms with E-state index in [1.807, 2.05) is 21.1 Å². The van der Waals surface area contributed by atoms with Crippen LogP contribution in [0, 0.1) is 0 Å². The average molecular weight is 785 g/mol. The first-order valence-corrected chi connectivity index (χ1v) is 23.8. The Balaban J connectivity index is 4.38. The number of hydrogen-bond donors (Lipinski definition) is 3. The number of unbranched alkanes of at least 4 members (excludes halogenated alkanes) is 22. The summed E-state index contributed by atoms with van der Waals surface area (Å²) < 4.78 is 23.5. The molecule has 0 saturated carbocycles. The highest BCUT2D eigenvalue weighted by molar-refractivity contribution is 7.47. The van der Waals surface area contributed by atoms with Gasteiger partial charge in [-0.3, -0.25) is 18.6 Å². The summed E-state index contributed by atoms with van der Waals surface area (Å²) in [6.45, 7) is 5.01. The molecule has 0 rings (SSSR count). The number of phosphoric acid groups is 1. The molecule has 2 atom stereocenters. The fourth-order valence-electron chi connectivity index (χ4n) is 6.14. The molecule has 2 amide bonds. The van der Waals surface area contributed by atoms with Gasteiger partial charge in [0.2, 0.25) is 11.8 Å². The number of hydrogen-bond acceptors (Lipinski definition) is 5. The van der Waals surface area contributed by atoms with Crippen molar-refractivity contribution in [3.05, 3.63) is 24.3 Å². The maximum atomic E-state index is 12.8. The second-order valence-electron chi connectivity index (χ2n) is 16.3. The smallest absolute Gasteiger partial charge is 0.354 e. The Morgan fingerprint density at radius 3 is 1.41 bits per heavy atom. The van der Waals surface area contributed by atoms with Crippen LogP contribution >= 0.6 is 7.82 Å². The van der Waals surface area contributed by atoms with Gasteiger partial charge in [-0.15, -0.1) is 0 Å². The predicted molar refractivity (Wildman–Crippen MR) is 228 cm³/mol. The third-order valence-corrected chi connectivity index (χ3v) is 10.7. The number of nitrogens with one attached hydrogen (secondary N) is 2. The Morgan fingerprint density at radius 2 is 0.981 bits per heavy atom. The zero-order chi connectivity index (χ0) is 40.0. The third-order valence-electron chi connectivity index (χ3n) is 9.70. The molecule has 0 heterocycles. The van der Waals surface area contributed by atoms with Gasteiger partial charge in [-0.2, -0.15) is 0 Å². The van der Waals surface area contributed by atoms with Crippen LogP contribution in [0.15, 0.2) is 24.3 Å². The zero-order valence-corrected chi connectivity index (χ0v) is 36.8. The number of quaternary nitrogens is 1. The molecular weight excluding hydrogens is 697 g/mol. The lowest BCUT2D eigenvalue weighted by Gasteiger charge is -2.24. The van der Waals surface area contributed by atoms with Gasteiger partial charge in [0.05, 0.1) is 33.8 Å². The van der Waals surface area contributed by atoms with E-state index < -0.39 is 13.9 Å². The number of nitrogens with zero attached hydrogens (tertiary/aromatic N) is 1. The molecule has 318 valence electrons. The van der Waals surface area contributed by atoms with Gasteiger partial charge in [0, 0.05) is 19.4 Å². The van der Waals surface area contributed by atoms with E-state index in [1.165, 1.54) is 109 Å². The Labute approximate surface area is 333 Å². The van der Waals surface area contributed by atoms with E-state index in [2.05, 4.69) is 48.8 Å². The van der Waals surface area contributed by atoms with E-state index in [0.29, 0.717) is 23.9 Å². The van der Waals surface area contributed by atoms with Gasteiger partial charge in [0.25, 0.3) is 0 Å². The molecule has 0 aliphatic rings. The molecule has 10 heteroatoms. The molecule has 0 bridgehead atoms. The van der Waals surface area contributed by atoms with Crippen LogP contribution in [-0.2, 0) is 23.2 Å². The summed E-state index contributed by atoms with van der Waals surface area (Å²) in [6, 6.07) is -0.638. The second kappa shape index (κ2) is 37.1. The number of carbonyl (C=O) groups excluding carboxylic acids is 2. The van der Waals surface area contributed by atoms with Crippen LogP contribution in [0.5, 0.6) is 0 Å². The summed E-state index contributed by atoms with van der Waals surface area (Å²) in [5.74, 6) is -0.234. The van der Waals surface area contributed by atoms with Crippen molar-refractivity contribution in [1.82, 2.24) is 10.6 Å². The Morgan fingerprint density at radius 1 is 0.593 bits per heavy atom. The van der Waals surface area contributed by atoms with Gasteiger partial charge in [-0.25, -0.2) is 4.57 Å². The van der Waals surface area contributed by atoms with Gasteiger partial charge in [0.15, 0.2) is 0 Å². The molecule has 0 spiro atoms. The SMILES string of the molecule is CCCCCCCC/C=C/CCCCCCCC(=O)NCC(COP(=O)(O)OCC[N+](C)(C)C)NC(=O)CCCCCCC/C=C/CCCCCCCC. The van der Waals surface area contributed by atoms with Crippen molar-refractivity contribution < 1.29 is 32.6 Å². The van der Waals surface area contributed by atoms with Crippen molar-refractivity contribution in [2.45, 2.75) is 200 Å². The number of phosphoric ester groups is 1. The van der Waals surface area contributed by atoms with Gasteiger partial charge < -0.3 is 20.0 Å². The molecule has 54 heavy (non-hydrogen) atoms. The molecule has 0 saturated heterocycles. The minimum atomic E-state index is -4.31. The van der Waals surface area contributed by atoms with Crippen LogP contribution in [0.25, 0.3) is 0 Å². The van der Waals surface area contributed by atoms with Crippen molar-refractivity contribution in [3.63, 3.8) is 0 Å². The number of carbonyl (C=O) groups is 2. The first-order valence-electron chi connectivity index (χ1n) is 22.3. The second-order valence-corrected chi connectivity index (χ2v) is 17.8. The van der Waals surface area contributed by atoms with Gasteiger partial charge in [-0.1, -0.05) is 141 Å². The van der Waals surface area contributed by atoms with Crippen LogP contribution < -0.4 is 10.6 Å². The zero-order valence-electron chi connectivity index (χ0n) is 35.9. The quantitative estimate of drug-likeness (QED) is 0.0247. The van der Waals surface area contributed by atoms with Crippen molar-refractivity contribution in [3.8, 4) is 0 Å². The number of amides is 2. The molecule has 0 fully saturated rings. The fraction of sp³-hybridized carbons (Fsp3) is 0.864. The van der Waals surface area contributed by atoms with Gasteiger partial charge in [0.1, 0.15) is 13.2 Å². The van der Waals surface area contributed by atoms with Gasteiger partial charge in [-0.05, 0) is 64.2 Å². The monoisotopic (exact) mass is 785 g/mol. The van der Waals surface area contributed by atoms with Crippen LogP contribution in [0.2, 0.25) is 0 Å². The lowest BCUT2D eigenvalue weighted by Crippen LogP contribution is -2.46. The molecule has 0 aromatic rings. The summed E-state index contributed by atoms with van der Waals surface area (Å²) in [4.78, 5) is 35.7. The Bertz CT molecular complexity index is 984. The molecule has 2 unspecified atom stereocenters. The van der Waals surface area contributed by atoms with E-state index in [4.69, 9.17) is 9.05 Å². The predicted octanol–water partition coefficient (Wildman–Crippen LogP) is 11.5. The van der Waals surface area contributed by atoms with E-state index in [0.717, 1.165) is 57.8 Å². The number of allylic oxidation sites excluding steroid dienone is 4. The van der Waals surface area contributed by atoms with E-state index in [9.17, 15) is 19.0 Å². The van der Waals surface area contributed by atoms with Crippen molar-refractivity contribution in [2.24, 2.45) is 0 Å². The normalized spacial score (nSPS) is 13.8. The maximum Gasteiger partial charge on any atom is 0.472 e. The highest BCUT2D eigenvalue weighted by Crippen LogP contribution is 2.43. The standard InChI is InChI=1S/C44H86N3O6P/c1-6-8-10-12-14-16-18-20-22-24-26-28-30-32-34-36-43(48)45-40-42(41-53-54(50,51)52-39-38-47(3,4)5)46-44(49)37-35-33-31-29-27-25-23-21-19-17-15-13-11-9-7-2/h20-23,42H,6-19,24-41H2,1-5H3,(H2-,45,46,48,49,50,51)/p+1/b22-20+,23-21+. The van der Waals surface area contributed by atoms with Gasteiger partial charge >= 0.3 is 7.82 Å². The summed E-state index contributed by atoms with van der Waals surface area (Å²) in [5.41, 5.74) is 0. The summed E-state index contributed by atoms with van der Waals surface area (Å²) in [7, 11) is 1.59. The summed E-state index contributed by atoms with van der Waals surface area (Å²) in [6.07, 6.45) is 41.3.